The van der Waals surface area contributed by atoms with Crippen molar-refractivity contribution < 1.29 is 4.74 Å². The van der Waals surface area contributed by atoms with E-state index in [1.807, 2.05) is 0 Å². The molecule has 0 N–H and O–H groups in total. The molecule has 1 unspecified atom stereocenters. The molecule has 0 spiro atoms. The third kappa shape index (κ3) is 5.83. The van der Waals surface area contributed by atoms with E-state index in [9.17, 15) is 0 Å². The topological polar surface area (TPSA) is 9.23 Å². The molecule has 3 heteroatoms. The summed E-state index contributed by atoms with van der Waals surface area (Å²) in [5.74, 6) is 0.840. The van der Waals surface area contributed by atoms with Gasteiger partial charge in [0, 0.05) is 10.3 Å². The van der Waals surface area contributed by atoms with Crippen molar-refractivity contribution in [2.75, 3.05) is 7.11 Å². The fourth-order valence-electron chi connectivity index (χ4n) is 2.87. The lowest BCUT2D eigenvalue weighted by Gasteiger charge is -2.29. The SMILES string of the molecule is CCCCCCC(C)(CCCCC)c1cc(OC)c(Cl)s1. The normalized spacial score (nSPS) is 14.1. The highest BCUT2D eigenvalue weighted by atomic mass is 35.5. The van der Waals surface area contributed by atoms with Crippen LogP contribution in [0.5, 0.6) is 5.75 Å². The predicted octanol–water partition coefficient (Wildman–Crippen LogP) is 7.22. The summed E-state index contributed by atoms with van der Waals surface area (Å²) in [7, 11) is 1.70. The van der Waals surface area contributed by atoms with E-state index in [0.29, 0.717) is 0 Å². The van der Waals surface area contributed by atoms with Gasteiger partial charge in [0.15, 0.2) is 0 Å². The molecule has 0 saturated carbocycles. The zero-order valence-electron chi connectivity index (χ0n) is 14.1. The van der Waals surface area contributed by atoms with Gasteiger partial charge in [-0.25, -0.2) is 0 Å². The number of thiophene rings is 1. The van der Waals surface area contributed by atoms with Gasteiger partial charge in [0.1, 0.15) is 10.1 Å². The average Bonchev–Trinajstić information content (AvgIpc) is 2.86. The van der Waals surface area contributed by atoms with Crippen molar-refractivity contribution in [2.45, 2.75) is 84.0 Å². The number of hydrogen-bond acceptors (Lipinski definition) is 2. The number of ether oxygens (including phenoxy) is 1. The largest absolute Gasteiger partial charge is 0.494 e. The first-order valence-corrected chi connectivity index (χ1v) is 9.60. The monoisotopic (exact) mass is 330 g/mol. The van der Waals surface area contributed by atoms with Crippen LogP contribution in [0.4, 0.5) is 0 Å². The molecule has 21 heavy (non-hydrogen) atoms. The minimum atomic E-state index is 0.258. The van der Waals surface area contributed by atoms with Crippen molar-refractivity contribution in [1.29, 1.82) is 0 Å². The average molecular weight is 331 g/mol. The maximum atomic E-state index is 6.29. The van der Waals surface area contributed by atoms with Crippen molar-refractivity contribution in [1.82, 2.24) is 0 Å². The molecule has 122 valence electrons. The van der Waals surface area contributed by atoms with Gasteiger partial charge in [-0.15, -0.1) is 11.3 Å². The van der Waals surface area contributed by atoms with Gasteiger partial charge in [0.25, 0.3) is 0 Å². The van der Waals surface area contributed by atoms with Crippen LogP contribution in [0.25, 0.3) is 0 Å². The van der Waals surface area contributed by atoms with Crippen molar-refractivity contribution in [2.24, 2.45) is 0 Å². The molecule has 0 aliphatic carbocycles. The fraction of sp³-hybridized carbons (Fsp3) is 0.778. The Bertz CT molecular complexity index is 402. The molecule has 0 bridgehead atoms. The van der Waals surface area contributed by atoms with E-state index in [1.165, 1.54) is 62.7 Å². The number of methoxy groups -OCH3 is 1. The van der Waals surface area contributed by atoms with Gasteiger partial charge in [-0.1, -0.05) is 77.3 Å². The zero-order valence-corrected chi connectivity index (χ0v) is 15.7. The molecule has 1 aromatic heterocycles. The second kappa shape index (κ2) is 9.74. The smallest absolute Gasteiger partial charge is 0.148 e. The lowest BCUT2D eigenvalue weighted by molar-refractivity contribution is 0.369. The Morgan fingerprint density at radius 3 is 2.14 bits per heavy atom. The second-order valence-electron chi connectivity index (χ2n) is 6.28. The summed E-state index contributed by atoms with van der Waals surface area (Å²) in [5, 5.41) is 0. The maximum absolute atomic E-state index is 6.29. The molecule has 0 fully saturated rings. The molecule has 0 aliphatic heterocycles. The lowest BCUT2D eigenvalue weighted by Crippen LogP contribution is -2.20. The Balaban J connectivity index is 2.77. The van der Waals surface area contributed by atoms with E-state index in [2.05, 4.69) is 26.8 Å². The Kier molecular flexibility index (Phi) is 8.73. The third-order valence-electron chi connectivity index (χ3n) is 4.38. The molecule has 0 saturated heterocycles. The summed E-state index contributed by atoms with van der Waals surface area (Å²) in [4.78, 5) is 1.40. The highest BCUT2D eigenvalue weighted by Crippen LogP contribution is 2.44. The summed E-state index contributed by atoms with van der Waals surface area (Å²) in [6.45, 7) is 6.95. The highest BCUT2D eigenvalue weighted by Gasteiger charge is 2.29. The molecule has 1 aromatic rings. The summed E-state index contributed by atoms with van der Waals surface area (Å²) >= 11 is 8.00. The minimum Gasteiger partial charge on any atom is -0.494 e. The first kappa shape index (κ1) is 18.8. The number of hydrogen-bond donors (Lipinski definition) is 0. The first-order valence-electron chi connectivity index (χ1n) is 8.41. The van der Waals surface area contributed by atoms with E-state index in [4.69, 9.17) is 16.3 Å². The van der Waals surface area contributed by atoms with Crippen molar-refractivity contribution in [3.63, 3.8) is 0 Å². The van der Waals surface area contributed by atoms with Crippen LogP contribution in [-0.2, 0) is 5.41 Å². The molecule has 0 aromatic carbocycles. The highest BCUT2D eigenvalue weighted by molar-refractivity contribution is 7.16. The van der Waals surface area contributed by atoms with E-state index in [-0.39, 0.29) is 5.41 Å². The lowest BCUT2D eigenvalue weighted by atomic mass is 9.78. The molecular formula is C18H31ClOS. The van der Waals surface area contributed by atoms with Gasteiger partial charge in [0.2, 0.25) is 0 Å². The molecule has 0 amide bonds. The molecule has 1 rings (SSSR count). The van der Waals surface area contributed by atoms with E-state index in [0.717, 1.165) is 10.1 Å². The van der Waals surface area contributed by atoms with Crippen LogP contribution in [0, 0.1) is 0 Å². The van der Waals surface area contributed by atoms with Crippen LogP contribution in [-0.4, -0.2) is 7.11 Å². The van der Waals surface area contributed by atoms with Crippen molar-refractivity contribution >= 4 is 22.9 Å². The fourth-order valence-corrected chi connectivity index (χ4v) is 4.30. The van der Waals surface area contributed by atoms with E-state index in [1.54, 1.807) is 18.4 Å². The quantitative estimate of drug-likeness (QED) is 0.389. The van der Waals surface area contributed by atoms with Gasteiger partial charge in [-0.2, -0.15) is 0 Å². The second-order valence-corrected chi connectivity index (χ2v) is 7.94. The Morgan fingerprint density at radius 2 is 1.62 bits per heavy atom. The van der Waals surface area contributed by atoms with Crippen molar-refractivity contribution in [3.8, 4) is 5.75 Å². The summed E-state index contributed by atoms with van der Waals surface area (Å²) in [6.07, 6.45) is 11.7. The molecule has 0 aliphatic rings. The van der Waals surface area contributed by atoms with Gasteiger partial charge >= 0.3 is 0 Å². The molecule has 1 nitrogen and oxygen atoms in total. The Hall–Kier alpha value is -0.210. The van der Waals surface area contributed by atoms with Crippen LogP contribution >= 0.6 is 22.9 Å². The number of unbranched alkanes of at least 4 members (excludes halogenated alkanes) is 5. The van der Waals surface area contributed by atoms with E-state index < -0.39 is 0 Å². The number of halogens is 1. The van der Waals surface area contributed by atoms with Gasteiger partial charge < -0.3 is 4.74 Å². The van der Waals surface area contributed by atoms with Gasteiger partial charge in [-0.05, 0) is 18.9 Å². The summed E-state index contributed by atoms with van der Waals surface area (Å²) in [6, 6.07) is 2.17. The molecule has 1 atom stereocenters. The zero-order chi connectivity index (χ0) is 15.7. The van der Waals surface area contributed by atoms with Gasteiger partial charge in [0.05, 0.1) is 7.11 Å². The van der Waals surface area contributed by atoms with Crippen LogP contribution in [0.1, 0.15) is 83.4 Å². The first-order chi connectivity index (χ1) is 10.1. The van der Waals surface area contributed by atoms with Gasteiger partial charge in [-0.3, -0.25) is 0 Å². The Morgan fingerprint density at radius 1 is 1.05 bits per heavy atom. The van der Waals surface area contributed by atoms with Crippen LogP contribution in [0.2, 0.25) is 4.34 Å². The summed E-state index contributed by atoms with van der Waals surface area (Å²) < 4.78 is 6.16. The Labute approximate surface area is 140 Å². The third-order valence-corrected chi connectivity index (χ3v) is 6.01. The van der Waals surface area contributed by atoms with Crippen LogP contribution < -0.4 is 4.74 Å². The maximum Gasteiger partial charge on any atom is 0.148 e. The number of rotatable bonds is 11. The van der Waals surface area contributed by atoms with Crippen LogP contribution in [0.15, 0.2) is 6.07 Å². The van der Waals surface area contributed by atoms with E-state index >= 15 is 0 Å². The minimum absolute atomic E-state index is 0.258. The molecule has 1 heterocycles. The molecular weight excluding hydrogens is 300 g/mol. The predicted molar refractivity (Wildman–Crippen MR) is 96.1 cm³/mol. The van der Waals surface area contributed by atoms with Crippen molar-refractivity contribution in [3.05, 3.63) is 15.3 Å². The summed E-state index contributed by atoms with van der Waals surface area (Å²) in [5.41, 5.74) is 0.258. The standard InChI is InChI=1S/C18H31ClOS/c1-5-7-9-11-13-18(3,12-10-8-6-2)16-14-15(20-4)17(19)21-16/h14H,5-13H2,1-4H3. The molecule has 0 radical (unpaired) electrons. The van der Waals surface area contributed by atoms with Crippen LogP contribution in [0.3, 0.4) is 0 Å².